The second-order valence-corrected chi connectivity index (χ2v) is 7.52. The Balaban J connectivity index is 1.91. The van der Waals surface area contributed by atoms with E-state index in [9.17, 15) is 9.59 Å². The first kappa shape index (κ1) is 17.7. The number of pyridine rings is 1. The van der Waals surface area contributed by atoms with Gasteiger partial charge in [-0.15, -0.1) is 0 Å². The maximum atomic E-state index is 12.6. The number of rotatable bonds is 3. The van der Waals surface area contributed by atoms with E-state index < -0.39 is 0 Å². The number of benzene rings is 1. The number of aromatic amines is 1. The van der Waals surface area contributed by atoms with Crippen LogP contribution < -0.4 is 5.56 Å². The van der Waals surface area contributed by atoms with E-state index in [1.165, 1.54) is 0 Å². The van der Waals surface area contributed by atoms with E-state index in [-0.39, 0.29) is 17.4 Å². The Hall–Kier alpha value is -2.14. The molecule has 25 heavy (non-hydrogen) atoms. The van der Waals surface area contributed by atoms with Gasteiger partial charge in [0.25, 0.3) is 5.56 Å². The summed E-state index contributed by atoms with van der Waals surface area (Å²) in [5.74, 6) is 0.349. The smallest absolute Gasteiger partial charge is 0.256 e. The minimum absolute atomic E-state index is 0.0262. The van der Waals surface area contributed by atoms with Gasteiger partial charge < -0.3 is 14.8 Å². The van der Waals surface area contributed by atoms with Gasteiger partial charge in [-0.3, -0.25) is 9.59 Å². The third-order valence-corrected chi connectivity index (χ3v) is 4.97. The van der Waals surface area contributed by atoms with Crippen molar-refractivity contribution in [3.8, 4) is 0 Å². The van der Waals surface area contributed by atoms with Gasteiger partial charge in [-0.05, 0) is 57.8 Å². The number of aryl methyl sites for hydroxylation is 2. The molecule has 1 fully saturated rings. The van der Waals surface area contributed by atoms with Gasteiger partial charge >= 0.3 is 0 Å². The summed E-state index contributed by atoms with van der Waals surface area (Å²) in [4.78, 5) is 31.9. The molecular formula is C20H27N3O2. The molecule has 1 aliphatic heterocycles. The van der Waals surface area contributed by atoms with E-state index >= 15 is 0 Å². The van der Waals surface area contributed by atoms with Gasteiger partial charge in [0.2, 0.25) is 5.91 Å². The van der Waals surface area contributed by atoms with Gasteiger partial charge in [0.15, 0.2) is 0 Å². The first-order chi connectivity index (χ1) is 11.8. The zero-order chi connectivity index (χ0) is 18.1. The van der Waals surface area contributed by atoms with Crippen LogP contribution in [0.4, 0.5) is 0 Å². The number of likely N-dealkylation sites (tertiary alicyclic amines) is 1. The van der Waals surface area contributed by atoms with E-state index in [1.54, 1.807) is 0 Å². The van der Waals surface area contributed by atoms with Crippen molar-refractivity contribution in [1.82, 2.24) is 14.8 Å². The SMILES string of the molecule is Cc1cc(C)c2c(=O)[nH]c([C@H]3CCCN(C(=O)CN(C)C)C3)cc2c1. The minimum Gasteiger partial charge on any atom is -0.341 e. The molecule has 5 heteroatoms. The lowest BCUT2D eigenvalue weighted by atomic mass is 9.92. The number of hydrogen-bond acceptors (Lipinski definition) is 3. The minimum atomic E-state index is -0.0262. The number of aromatic nitrogens is 1. The largest absolute Gasteiger partial charge is 0.341 e. The second-order valence-electron chi connectivity index (χ2n) is 7.52. The van der Waals surface area contributed by atoms with Crippen LogP contribution in [0.25, 0.3) is 10.8 Å². The number of carbonyl (C=O) groups excluding carboxylic acids is 1. The first-order valence-electron chi connectivity index (χ1n) is 8.92. The van der Waals surface area contributed by atoms with Crippen molar-refractivity contribution in [3.05, 3.63) is 45.4 Å². The fourth-order valence-corrected chi connectivity index (χ4v) is 3.87. The van der Waals surface area contributed by atoms with Crippen molar-refractivity contribution in [3.63, 3.8) is 0 Å². The van der Waals surface area contributed by atoms with Crippen LogP contribution in [0.3, 0.4) is 0 Å². The topological polar surface area (TPSA) is 56.4 Å². The third-order valence-electron chi connectivity index (χ3n) is 4.97. The first-order valence-corrected chi connectivity index (χ1v) is 8.92. The summed E-state index contributed by atoms with van der Waals surface area (Å²) >= 11 is 0. The highest BCUT2D eigenvalue weighted by Gasteiger charge is 2.26. The summed E-state index contributed by atoms with van der Waals surface area (Å²) in [6, 6.07) is 6.21. The average molecular weight is 341 g/mol. The predicted octanol–water partition coefficient (Wildman–Crippen LogP) is 2.41. The number of carbonyl (C=O) groups is 1. The van der Waals surface area contributed by atoms with Crippen LogP contribution in [-0.4, -0.2) is 54.4 Å². The molecule has 1 atom stereocenters. The van der Waals surface area contributed by atoms with E-state index in [0.717, 1.165) is 47.0 Å². The maximum Gasteiger partial charge on any atom is 0.256 e. The zero-order valence-electron chi connectivity index (χ0n) is 15.6. The maximum absolute atomic E-state index is 12.6. The van der Waals surface area contributed by atoms with Crippen LogP contribution in [0.1, 0.15) is 35.6 Å². The molecule has 5 nitrogen and oxygen atoms in total. The van der Waals surface area contributed by atoms with Gasteiger partial charge in [0, 0.05) is 30.1 Å². The summed E-state index contributed by atoms with van der Waals surface area (Å²) in [6.07, 6.45) is 1.97. The monoisotopic (exact) mass is 341 g/mol. The summed E-state index contributed by atoms with van der Waals surface area (Å²) < 4.78 is 0. The van der Waals surface area contributed by atoms with Crippen molar-refractivity contribution in [2.24, 2.45) is 0 Å². The van der Waals surface area contributed by atoms with Crippen LogP contribution in [0, 0.1) is 13.8 Å². The highest BCUT2D eigenvalue weighted by Crippen LogP contribution is 2.27. The van der Waals surface area contributed by atoms with Crippen LogP contribution in [0.15, 0.2) is 23.0 Å². The number of H-pyrrole nitrogens is 1. The van der Waals surface area contributed by atoms with Gasteiger partial charge in [0.05, 0.1) is 6.54 Å². The van der Waals surface area contributed by atoms with Crippen LogP contribution in [0.2, 0.25) is 0 Å². The molecule has 134 valence electrons. The van der Waals surface area contributed by atoms with Gasteiger partial charge in [-0.25, -0.2) is 0 Å². The molecule has 2 heterocycles. The predicted molar refractivity (Wildman–Crippen MR) is 101 cm³/mol. The molecule has 3 rings (SSSR count). The quantitative estimate of drug-likeness (QED) is 0.933. The molecule has 0 aliphatic carbocycles. The summed E-state index contributed by atoms with van der Waals surface area (Å²) in [5.41, 5.74) is 3.09. The molecule has 1 N–H and O–H groups in total. The Kier molecular flexibility index (Phi) is 4.95. The van der Waals surface area contributed by atoms with E-state index in [0.29, 0.717) is 13.1 Å². The van der Waals surface area contributed by atoms with Gasteiger partial charge in [0.1, 0.15) is 0 Å². The molecule has 1 aromatic carbocycles. The summed E-state index contributed by atoms with van der Waals surface area (Å²) in [7, 11) is 3.82. The number of nitrogens with zero attached hydrogens (tertiary/aromatic N) is 2. The number of fused-ring (bicyclic) bond motifs is 1. The normalized spacial score (nSPS) is 18.1. The molecule has 1 aromatic heterocycles. The lowest BCUT2D eigenvalue weighted by Gasteiger charge is -2.33. The molecule has 2 aromatic rings. The van der Waals surface area contributed by atoms with E-state index in [1.807, 2.05) is 36.9 Å². The standard InChI is InChI=1S/C20H27N3O2/c1-13-8-14(2)19-16(9-13)10-17(21-20(19)25)15-6-5-7-23(11-15)18(24)12-22(3)4/h8-10,15H,5-7,11-12H2,1-4H3,(H,21,25)/t15-/m0/s1. The van der Waals surface area contributed by atoms with Crippen molar-refractivity contribution >= 4 is 16.7 Å². The van der Waals surface area contributed by atoms with Crippen LogP contribution >= 0.6 is 0 Å². The van der Waals surface area contributed by atoms with Crippen LogP contribution in [0.5, 0.6) is 0 Å². The lowest BCUT2D eigenvalue weighted by Crippen LogP contribution is -2.43. The Labute approximate surface area is 148 Å². The number of likely N-dealkylation sites (N-methyl/N-ethyl adjacent to an activating group) is 1. The lowest BCUT2D eigenvalue weighted by molar-refractivity contribution is -0.133. The molecule has 1 aliphatic rings. The van der Waals surface area contributed by atoms with Crippen molar-refractivity contribution in [2.45, 2.75) is 32.6 Å². The van der Waals surface area contributed by atoms with Gasteiger partial charge in [-0.1, -0.05) is 17.7 Å². The van der Waals surface area contributed by atoms with E-state index in [4.69, 9.17) is 0 Å². The fourth-order valence-electron chi connectivity index (χ4n) is 3.87. The molecule has 0 bridgehead atoms. The highest BCUT2D eigenvalue weighted by atomic mass is 16.2. The number of piperidine rings is 1. The highest BCUT2D eigenvalue weighted by molar-refractivity contribution is 5.85. The Morgan fingerprint density at radius 3 is 2.76 bits per heavy atom. The number of nitrogens with one attached hydrogen (secondary N) is 1. The molecule has 1 amide bonds. The molecule has 0 saturated carbocycles. The molecule has 0 unspecified atom stereocenters. The number of hydrogen-bond donors (Lipinski definition) is 1. The Morgan fingerprint density at radius 1 is 1.28 bits per heavy atom. The van der Waals surface area contributed by atoms with Gasteiger partial charge in [-0.2, -0.15) is 0 Å². The second kappa shape index (κ2) is 7.00. The summed E-state index contributed by atoms with van der Waals surface area (Å²) in [6.45, 7) is 5.94. The summed E-state index contributed by atoms with van der Waals surface area (Å²) in [5, 5.41) is 1.76. The van der Waals surface area contributed by atoms with Crippen LogP contribution in [-0.2, 0) is 4.79 Å². The van der Waals surface area contributed by atoms with Crippen molar-refractivity contribution in [2.75, 3.05) is 33.7 Å². The van der Waals surface area contributed by atoms with Crippen molar-refractivity contribution < 1.29 is 4.79 Å². The van der Waals surface area contributed by atoms with Crippen molar-refractivity contribution in [1.29, 1.82) is 0 Å². The molecule has 0 spiro atoms. The number of amides is 1. The fraction of sp³-hybridized carbons (Fsp3) is 0.500. The Morgan fingerprint density at radius 2 is 2.04 bits per heavy atom. The van der Waals surface area contributed by atoms with E-state index in [2.05, 4.69) is 24.0 Å². The molecule has 1 saturated heterocycles. The average Bonchev–Trinajstić information content (AvgIpc) is 2.53. The Bertz CT molecular complexity index is 854. The molecular weight excluding hydrogens is 314 g/mol. The molecule has 0 radical (unpaired) electrons. The zero-order valence-corrected chi connectivity index (χ0v) is 15.6. The third kappa shape index (κ3) is 3.76.